The summed E-state index contributed by atoms with van der Waals surface area (Å²) in [4.78, 5) is 2.48. The fraction of sp³-hybridized carbons (Fsp3) is 0.417. The molecule has 0 radical (unpaired) electrons. The fourth-order valence-electron chi connectivity index (χ4n) is 1.95. The molecule has 0 aliphatic heterocycles. The molecule has 0 aromatic carbocycles. The maximum atomic E-state index is 5.73. The number of hydrazine groups is 1. The van der Waals surface area contributed by atoms with Crippen LogP contribution in [0, 0.1) is 6.92 Å². The Morgan fingerprint density at radius 2 is 2.33 bits per heavy atom. The molecule has 18 heavy (non-hydrogen) atoms. The van der Waals surface area contributed by atoms with Crippen molar-refractivity contribution in [2.45, 2.75) is 32.9 Å². The molecule has 0 saturated heterocycles. The number of nitrogens with one attached hydrogen (secondary N) is 1. The van der Waals surface area contributed by atoms with E-state index >= 15 is 0 Å². The van der Waals surface area contributed by atoms with Crippen LogP contribution >= 0.6 is 27.3 Å². The molecule has 0 saturated carbocycles. The summed E-state index contributed by atoms with van der Waals surface area (Å²) < 4.78 is 2.99. The number of nitrogens with two attached hydrogens (primary N) is 1. The van der Waals surface area contributed by atoms with Crippen LogP contribution in [0.1, 0.15) is 34.8 Å². The maximum Gasteiger partial charge on any atom is 0.0981 e. The SMILES string of the molecule is CCCn1ncc(Br)c1C(NN)c1ccc(C)s1. The molecule has 0 aliphatic carbocycles. The van der Waals surface area contributed by atoms with Crippen LogP contribution in [0.3, 0.4) is 0 Å². The van der Waals surface area contributed by atoms with Crippen molar-refractivity contribution < 1.29 is 0 Å². The molecule has 4 nitrogen and oxygen atoms in total. The molecule has 2 aromatic rings. The lowest BCUT2D eigenvalue weighted by Crippen LogP contribution is -2.30. The molecule has 0 fully saturated rings. The summed E-state index contributed by atoms with van der Waals surface area (Å²) in [6, 6.07) is 4.20. The summed E-state index contributed by atoms with van der Waals surface area (Å²) >= 11 is 5.31. The second-order valence-corrected chi connectivity index (χ2v) is 6.32. The molecule has 1 atom stereocenters. The van der Waals surface area contributed by atoms with Crippen molar-refractivity contribution in [3.63, 3.8) is 0 Å². The number of hydrogen-bond acceptors (Lipinski definition) is 4. The molecule has 98 valence electrons. The van der Waals surface area contributed by atoms with Gasteiger partial charge in [0.2, 0.25) is 0 Å². The normalized spacial score (nSPS) is 12.9. The molecular weight excluding hydrogens is 312 g/mol. The molecule has 0 spiro atoms. The zero-order chi connectivity index (χ0) is 13.1. The Balaban J connectivity index is 2.41. The molecule has 2 aromatic heterocycles. The van der Waals surface area contributed by atoms with E-state index in [2.05, 4.69) is 52.4 Å². The Bertz CT molecular complexity index is 520. The van der Waals surface area contributed by atoms with Crippen LogP contribution in [-0.2, 0) is 6.54 Å². The number of halogens is 1. The summed E-state index contributed by atoms with van der Waals surface area (Å²) in [5, 5.41) is 4.39. The van der Waals surface area contributed by atoms with Crippen LogP contribution < -0.4 is 11.3 Å². The van der Waals surface area contributed by atoms with E-state index in [1.54, 1.807) is 11.3 Å². The summed E-state index contributed by atoms with van der Waals surface area (Å²) in [5.41, 5.74) is 3.98. The average Bonchev–Trinajstić information content (AvgIpc) is 2.91. The molecule has 2 rings (SSSR count). The number of aryl methyl sites for hydroxylation is 2. The quantitative estimate of drug-likeness (QED) is 0.655. The van der Waals surface area contributed by atoms with Crippen molar-refractivity contribution in [3.8, 4) is 0 Å². The Labute approximate surface area is 119 Å². The van der Waals surface area contributed by atoms with Gasteiger partial charge < -0.3 is 0 Å². The van der Waals surface area contributed by atoms with E-state index in [1.807, 2.05) is 10.9 Å². The second-order valence-electron chi connectivity index (χ2n) is 4.15. The minimum atomic E-state index is -0.0212. The van der Waals surface area contributed by atoms with Gasteiger partial charge >= 0.3 is 0 Å². The highest BCUT2D eigenvalue weighted by atomic mass is 79.9. The van der Waals surface area contributed by atoms with E-state index in [1.165, 1.54) is 9.75 Å². The van der Waals surface area contributed by atoms with Crippen LogP contribution in [-0.4, -0.2) is 9.78 Å². The Hall–Kier alpha value is -0.690. The topological polar surface area (TPSA) is 55.9 Å². The van der Waals surface area contributed by atoms with Crippen molar-refractivity contribution in [1.82, 2.24) is 15.2 Å². The molecular formula is C12H17BrN4S. The van der Waals surface area contributed by atoms with Gasteiger partial charge in [0.15, 0.2) is 0 Å². The van der Waals surface area contributed by atoms with Crippen molar-refractivity contribution in [1.29, 1.82) is 0 Å². The molecule has 6 heteroatoms. The third kappa shape index (κ3) is 2.66. The Kier molecular flexibility index (Phi) is 4.55. The lowest BCUT2D eigenvalue weighted by molar-refractivity contribution is 0.523. The Morgan fingerprint density at radius 1 is 1.56 bits per heavy atom. The molecule has 3 N–H and O–H groups in total. The minimum Gasteiger partial charge on any atom is -0.270 e. The molecule has 0 bridgehead atoms. The van der Waals surface area contributed by atoms with E-state index in [9.17, 15) is 0 Å². The molecule has 0 amide bonds. The first-order chi connectivity index (χ1) is 8.67. The summed E-state index contributed by atoms with van der Waals surface area (Å²) in [6.07, 6.45) is 2.87. The number of rotatable bonds is 5. The van der Waals surface area contributed by atoms with Crippen LogP contribution in [0.5, 0.6) is 0 Å². The van der Waals surface area contributed by atoms with Gasteiger partial charge in [-0.15, -0.1) is 11.3 Å². The average molecular weight is 329 g/mol. The highest BCUT2D eigenvalue weighted by Gasteiger charge is 2.21. The van der Waals surface area contributed by atoms with Gasteiger partial charge in [0.1, 0.15) is 0 Å². The van der Waals surface area contributed by atoms with Gasteiger partial charge in [-0.05, 0) is 41.4 Å². The number of aromatic nitrogens is 2. The largest absolute Gasteiger partial charge is 0.270 e. The number of hydrogen-bond donors (Lipinski definition) is 2. The maximum absolute atomic E-state index is 5.73. The molecule has 2 heterocycles. The van der Waals surface area contributed by atoms with Crippen LogP contribution in [0.15, 0.2) is 22.8 Å². The third-order valence-corrected chi connectivity index (χ3v) is 4.43. The zero-order valence-corrected chi connectivity index (χ0v) is 12.9. The number of thiophene rings is 1. The van der Waals surface area contributed by atoms with Gasteiger partial charge in [-0.1, -0.05) is 6.92 Å². The summed E-state index contributed by atoms with van der Waals surface area (Å²) in [6.45, 7) is 5.13. The predicted octanol–water partition coefficient (Wildman–Crippen LogP) is 2.98. The van der Waals surface area contributed by atoms with Gasteiger partial charge in [0, 0.05) is 16.3 Å². The van der Waals surface area contributed by atoms with E-state index in [0.29, 0.717) is 0 Å². The van der Waals surface area contributed by atoms with E-state index in [-0.39, 0.29) is 6.04 Å². The lowest BCUT2D eigenvalue weighted by atomic mass is 10.2. The van der Waals surface area contributed by atoms with Crippen molar-refractivity contribution in [2.75, 3.05) is 0 Å². The number of nitrogens with zero attached hydrogens (tertiary/aromatic N) is 2. The van der Waals surface area contributed by atoms with Crippen LogP contribution in [0.2, 0.25) is 0 Å². The monoisotopic (exact) mass is 328 g/mol. The van der Waals surface area contributed by atoms with Crippen molar-refractivity contribution in [3.05, 3.63) is 38.3 Å². The van der Waals surface area contributed by atoms with Crippen molar-refractivity contribution >= 4 is 27.3 Å². The van der Waals surface area contributed by atoms with Crippen LogP contribution in [0.25, 0.3) is 0 Å². The van der Waals surface area contributed by atoms with E-state index in [0.717, 1.165) is 23.1 Å². The highest BCUT2D eigenvalue weighted by molar-refractivity contribution is 9.10. The van der Waals surface area contributed by atoms with Gasteiger partial charge in [-0.3, -0.25) is 10.5 Å². The second kappa shape index (κ2) is 5.97. The Morgan fingerprint density at radius 3 is 2.89 bits per heavy atom. The first-order valence-electron chi connectivity index (χ1n) is 5.91. The predicted molar refractivity (Wildman–Crippen MR) is 78.4 cm³/mol. The standard InChI is InChI=1S/C12H17BrN4S/c1-3-6-17-12(9(13)7-15-17)11(16-14)10-5-4-8(2)18-10/h4-5,7,11,16H,3,6,14H2,1-2H3. The zero-order valence-electron chi connectivity index (χ0n) is 10.5. The summed E-state index contributed by atoms with van der Waals surface area (Å²) in [5.74, 6) is 5.73. The van der Waals surface area contributed by atoms with E-state index in [4.69, 9.17) is 5.84 Å². The molecule has 0 aliphatic rings. The summed E-state index contributed by atoms with van der Waals surface area (Å²) in [7, 11) is 0. The van der Waals surface area contributed by atoms with Crippen LogP contribution in [0.4, 0.5) is 0 Å². The molecule has 1 unspecified atom stereocenters. The van der Waals surface area contributed by atoms with Gasteiger partial charge in [0.05, 0.1) is 22.4 Å². The van der Waals surface area contributed by atoms with Gasteiger partial charge in [-0.25, -0.2) is 5.43 Å². The van der Waals surface area contributed by atoms with Gasteiger partial charge in [-0.2, -0.15) is 5.10 Å². The first-order valence-corrected chi connectivity index (χ1v) is 7.52. The van der Waals surface area contributed by atoms with Gasteiger partial charge in [0.25, 0.3) is 0 Å². The first kappa shape index (κ1) is 13.7. The van der Waals surface area contributed by atoms with E-state index < -0.39 is 0 Å². The highest BCUT2D eigenvalue weighted by Crippen LogP contribution is 2.32. The fourth-order valence-corrected chi connectivity index (χ4v) is 3.42. The lowest BCUT2D eigenvalue weighted by Gasteiger charge is -2.17. The smallest absolute Gasteiger partial charge is 0.0981 e. The minimum absolute atomic E-state index is 0.0212. The third-order valence-electron chi connectivity index (χ3n) is 2.75. The van der Waals surface area contributed by atoms with Crippen molar-refractivity contribution in [2.24, 2.45) is 5.84 Å².